The van der Waals surface area contributed by atoms with Crippen LogP contribution in [0.3, 0.4) is 0 Å². The normalized spacial score (nSPS) is 18.9. The quantitative estimate of drug-likeness (QED) is 0.779. The van der Waals surface area contributed by atoms with E-state index in [9.17, 15) is 4.79 Å². The number of carbonyl (C=O) groups is 1. The van der Waals surface area contributed by atoms with E-state index in [4.69, 9.17) is 5.73 Å². The number of likely N-dealkylation sites (tertiary alicyclic amines) is 1. The number of hydrogen-bond acceptors (Lipinski definition) is 2. The van der Waals surface area contributed by atoms with Gasteiger partial charge in [0.05, 0.1) is 0 Å². The SMILES string of the molecule is CC(C)C(CCN)CCC(=O)N1CCC(C(C)C)CC1. The molecule has 1 unspecified atom stereocenters. The van der Waals surface area contributed by atoms with Gasteiger partial charge >= 0.3 is 0 Å². The molecule has 0 aromatic rings. The first-order valence-corrected chi connectivity index (χ1v) is 8.43. The maximum absolute atomic E-state index is 12.3. The molecule has 3 heteroatoms. The van der Waals surface area contributed by atoms with Crippen LogP contribution in [-0.4, -0.2) is 30.4 Å². The number of amides is 1. The number of piperidine rings is 1. The Labute approximate surface area is 125 Å². The second-order valence-electron chi connectivity index (χ2n) is 7.08. The van der Waals surface area contributed by atoms with Gasteiger partial charge in [-0.25, -0.2) is 0 Å². The van der Waals surface area contributed by atoms with E-state index in [-0.39, 0.29) is 0 Å². The maximum Gasteiger partial charge on any atom is 0.222 e. The van der Waals surface area contributed by atoms with E-state index in [2.05, 4.69) is 32.6 Å². The first-order chi connectivity index (χ1) is 9.45. The maximum atomic E-state index is 12.3. The molecule has 1 amide bonds. The van der Waals surface area contributed by atoms with Crippen molar-refractivity contribution >= 4 is 5.91 Å². The summed E-state index contributed by atoms with van der Waals surface area (Å²) in [5, 5.41) is 0. The highest BCUT2D eigenvalue weighted by Gasteiger charge is 2.25. The van der Waals surface area contributed by atoms with Crippen molar-refractivity contribution < 1.29 is 4.79 Å². The minimum atomic E-state index is 0.356. The van der Waals surface area contributed by atoms with Gasteiger partial charge in [0.1, 0.15) is 0 Å². The number of hydrogen-bond donors (Lipinski definition) is 1. The average Bonchev–Trinajstić information content (AvgIpc) is 2.42. The second-order valence-corrected chi connectivity index (χ2v) is 7.08. The molecule has 20 heavy (non-hydrogen) atoms. The third-order valence-corrected chi connectivity index (χ3v) is 5.04. The van der Waals surface area contributed by atoms with Gasteiger partial charge in [-0.15, -0.1) is 0 Å². The molecule has 0 spiro atoms. The fourth-order valence-corrected chi connectivity index (χ4v) is 3.31. The Kier molecular flexibility index (Phi) is 7.57. The summed E-state index contributed by atoms with van der Waals surface area (Å²) in [6.45, 7) is 11.7. The topological polar surface area (TPSA) is 46.3 Å². The number of nitrogens with two attached hydrogens (primary N) is 1. The van der Waals surface area contributed by atoms with Gasteiger partial charge in [-0.05, 0) is 55.9 Å². The predicted octanol–water partition coefficient (Wildman–Crippen LogP) is 3.28. The van der Waals surface area contributed by atoms with Gasteiger partial charge in [-0.3, -0.25) is 4.79 Å². The van der Waals surface area contributed by atoms with Crippen molar-refractivity contribution in [2.45, 2.75) is 59.8 Å². The van der Waals surface area contributed by atoms with Crippen LogP contribution in [0.2, 0.25) is 0 Å². The molecule has 0 aromatic heterocycles. The molecule has 1 aliphatic rings. The second kappa shape index (κ2) is 8.66. The molecule has 3 nitrogen and oxygen atoms in total. The Bertz CT molecular complexity index is 281. The molecule has 1 atom stereocenters. The molecule has 0 bridgehead atoms. The van der Waals surface area contributed by atoms with Crippen molar-refractivity contribution in [3.63, 3.8) is 0 Å². The summed E-state index contributed by atoms with van der Waals surface area (Å²) in [6.07, 6.45) is 5.10. The van der Waals surface area contributed by atoms with Gasteiger partial charge < -0.3 is 10.6 Å². The summed E-state index contributed by atoms with van der Waals surface area (Å²) in [7, 11) is 0. The van der Waals surface area contributed by atoms with Crippen molar-refractivity contribution in [1.29, 1.82) is 0 Å². The lowest BCUT2D eigenvalue weighted by molar-refractivity contribution is -0.133. The smallest absolute Gasteiger partial charge is 0.222 e. The van der Waals surface area contributed by atoms with Crippen LogP contribution in [0.15, 0.2) is 0 Å². The Morgan fingerprint density at radius 3 is 2.20 bits per heavy atom. The van der Waals surface area contributed by atoms with E-state index in [1.807, 2.05) is 0 Å². The van der Waals surface area contributed by atoms with Crippen molar-refractivity contribution in [2.24, 2.45) is 29.4 Å². The molecular weight excluding hydrogens is 248 g/mol. The van der Waals surface area contributed by atoms with Gasteiger partial charge in [0.2, 0.25) is 5.91 Å². The van der Waals surface area contributed by atoms with Crippen LogP contribution < -0.4 is 5.73 Å². The van der Waals surface area contributed by atoms with E-state index in [0.29, 0.717) is 24.2 Å². The lowest BCUT2D eigenvalue weighted by Gasteiger charge is -2.34. The zero-order valence-corrected chi connectivity index (χ0v) is 13.9. The van der Waals surface area contributed by atoms with Crippen LogP contribution in [0.5, 0.6) is 0 Å². The molecule has 0 aromatic carbocycles. The molecular formula is C17H34N2O. The van der Waals surface area contributed by atoms with E-state index in [1.165, 1.54) is 12.8 Å². The molecule has 1 aliphatic heterocycles. The lowest BCUT2D eigenvalue weighted by atomic mass is 9.86. The van der Waals surface area contributed by atoms with Gasteiger partial charge in [0, 0.05) is 19.5 Å². The van der Waals surface area contributed by atoms with E-state index in [0.717, 1.165) is 44.3 Å². The molecule has 118 valence electrons. The van der Waals surface area contributed by atoms with Crippen LogP contribution in [0, 0.1) is 23.7 Å². The first-order valence-electron chi connectivity index (χ1n) is 8.43. The van der Waals surface area contributed by atoms with Crippen molar-refractivity contribution in [2.75, 3.05) is 19.6 Å². The van der Waals surface area contributed by atoms with Crippen LogP contribution in [0.1, 0.15) is 59.8 Å². The van der Waals surface area contributed by atoms with Crippen molar-refractivity contribution in [3.05, 3.63) is 0 Å². The fraction of sp³-hybridized carbons (Fsp3) is 0.941. The largest absolute Gasteiger partial charge is 0.343 e. The highest BCUT2D eigenvalue weighted by Crippen LogP contribution is 2.26. The van der Waals surface area contributed by atoms with Gasteiger partial charge in [0.15, 0.2) is 0 Å². The third kappa shape index (κ3) is 5.43. The molecule has 1 fully saturated rings. The van der Waals surface area contributed by atoms with Crippen LogP contribution in [0.25, 0.3) is 0 Å². The summed E-state index contributed by atoms with van der Waals surface area (Å²) < 4.78 is 0. The fourth-order valence-electron chi connectivity index (χ4n) is 3.31. The Morgan fingerprint density at radius 1 is 1.15 bits per heavy atom. The number of carbonyl (C=O) groups excluding carboxylic acids is 1. The molecule has 1 rings (SSSR count). The monoisotopic (exact) mass is 282 g/mol. The highest BCUT2D eigenvalue weighted by atomic mass is 16.2. The average molecular weight is 282 g/mol. The lowest BCUT2D eigenvalue weighted by Crippen LogP contribution is -2.39. The van der Waals surface area contributed by atoms with Crippen LogP contribution >= 0.6 is 0 Å². The number of rotatable bonds is 7. The number of nitrogens with zero attached hydrogens (tertiary/aromatic N) is 1. The third-order valence-electron chi connectivity index (χ3n) is 5.04. The van der Waals surface area contributed by atoms with Gasteiger partial charge in [0.25, 0.3) is 0 Å². The van der Waals surface area contributed by atoms with Gasteiger partial charge in [-0.2, -0.15) is 0 Å². The Hall–Kier alpha value is -0.570. The minimum Gasteiger partial charge on any atom is -0.343 e. The molecule has 1 heterocycles. The zero-order valence-electron chi connectivity index (χ0n) is 13.9. The van der Waals surface area contributed by atoms with Crippen LogP contribution in [-0.2, 0) is 4.79 Å². The Morgan fingerprint density at radius 2 is 1.75 bits per heavy atom. The van der Waals surface area contributed by atoms with E-state index >= 15 is 0 Å². The first kappa shape index (κ1) is 17.5. The Balaban J connectivity index is 2.33. The van der Waals surface area contributed by atoms with Crippen molar-refractivity contribution in [3.8, 4) is 0 Å². The summed E-state index contributed by atoms with van der Waals surface area (Å²) in [5.74, 6) is 3.13. The van der Waals surface area contributed by atoms with Gasteiger partial charge in [-0.1, -0.05) is 27.7 Å². The molecule has 0 saturated carbocycles. The predicted molar refractivity (Wildman–Crippen MR) is 85.4 cm³/mol. The van der Waals surface area contributed by atoms with E-state index in [1.54, 1.807) is 0 Å². The van der Waals surface area contributed by atoms with Crippen molar-refractivity contribution in [1.82, 2.24) is 4.90 Å². The minimum absolute atomic E-state index is 0.356. The highest BCUT2D eigenvalue weighted by molar-refractivity contribution is 5.76. The summed E-state index contributed by atoms with van der Waals surface area (Å²) in [6, 6.07) is 0. The summed E-state index contributed by atoms with van der Waals surface area (Å²) >= 11 is 0. The molecule has 1 saturated heterocycles. The van der Waals surface area contributed by atoms with Crippen LogP contribution in [0.4, 0.5) is 0 Å². The standard InChI is InChI=1S/C17H34N2O/c1-13(2)15(7-10-18)5-6-17(20)19-11-8-16(9-12-19)14(3)4/h13-16H,5-12,18H2,1-4H3. The zero-order chi connectivity index (χ0) is 15.1. The molecule has 2 N–H and O–H groups in total. The molecule has 0 aliphatic carbocycles. The summed E-state index contributed by atoms with van der Waals surface area (Å²) in [4.78, 5) is 14.4. The van der Waals surface area contributed by atoms with E-state index < -0.39 is 0 Å². The molecule has 0 radical (unpaired) electrons. The summed E-state index contributed by atoms with van der Waals surface area (Å²) in [5.41, 5.74) is 5.66.